The largest absolute Gasteiger partial charge is 0.461 e. The average molecular weight is 321 g/mol. The van der Waals surface area contributed by atoms with Gasteiger partial charge in [-0.2, -0.15) is 0 Å². The van der Waals surface area contributed by atoms with Crippen LogP contribution in [0.3, 0.4) is 0 Å². The third kappa shape index (κ3) is 4.02. The van der Waals surface area contributed by atoms with Gasteiger partial charge < -0.3 is 9.47 Å². The lowest BCUT2D eigenvalue weighted by atomic mass is 10.0. The number of allylic oxidation sites excluding steroid dienone is 1. The number of rotatable bonds is 6. The van der Waals surface area contributed by atoms with E-state index in [-0.39, 0.29) is 30.0 Å². The normalized spacial score (nSPS) is 25.7. The van der Waals surface area contributed by atoms with E-state index in [0.717, 1.165) is 31.5 Å². The summed E-state index contributed by atoms with van der Waals surface area (Å²) < 4.78 is 11.1. The molecule has 0 bridgehead atoms. The van der Waals surface area contributed by atoms with Gasteiger partial charge in [0.25, 0.3) is 0 Å². The van der Waals surface area contributed by atoms with E-state index in [0.29, 0.717) is 12.2 Å². The molecular weight excluding hydrogens is 294 g/mol. The summed E-state index contributed by atoms with van der Waals surface area (Å²) in [6.45, 7) is 9.45. The van der Waals surface area contributed by atoms with Gasteiger partial charge in [0.2, 0.25) is 0 Å². The van der Waals surface area contributed by atoms with Gasteiger partial charge in [0, 0.05) is 18.7 Å². The van der Waals surface area contributed by atoms with Gasteiger partial charge in [-0.25, -0.2) is 4.79 Å². The summed E-state index contributed by atoms with van der Waals surface area (Å²) in [6.07, 6.45) is 5.29. The molecule has 0 saturated carbocycles. The van der Waals surface area contributed by atoms with Gasteiger partial charge in [0.1, 0.15) is 12.7 Å². The number of hydrogen-bond acceptors (Lipinski definition) is 5. The van der Waals surface area contributed by atoms with Crippen LogP contribution in [0, 0.1) is 5.92 Å². The van der Waals surface area contributed by atoms with Crippen LogP contribution in [0.1, 0.15) is 40.5 Å². The van der Waals surface area contributed by atoms with Gasteiger partial charge in [-0.1, -0.05) is 26.0 Å². The van der Waals surface area contributed by atoms with Crippen molar-refractivity contribution in [2.45, 2.75) is 52.7 Å². The first-order valence-electron chi connectivity index (χ1n) is 8.41. The number of carbonyl (C=O) groups excluding carboxylic acids is 2. The zero-order chi connectivity index (χ0) is 17.0. The highest BCUT2D eigenvalue weighted by Crippen LogP contribution is 2.31. The highest BCUT2D eigenvalue weighted by atomic mass is 16.5. The van der Waals surface area contributed by atoms with Crippen LogP contribution in [0.2, 0.25) is 0 Å². The molecular formula is C18H27NO4. The monoisotopic (exact) mass is 321 g/mol. The first kappa shape index (κ1) is 17.7. The second kappa shape index (κ2) is 7.77. The highest BCUT2D eigenvalue weighted by molar-refractivity contribution is 5.87. The van der Waals surface area contributed by atoms with E-state index in [1.54, 1.807) is 13.0 Å². The van der Waals surface area contributed by atoms with Gasteiger partial charge in [0.15, 0.2) is 0 Å². The Bertz CT molecular complexity index is 523. The van der Waals surface area contributed by atoms with Gasteiger partial charge in [-0.3, -0.25) is 9.69 Å². The predicted molar refractivity (Wildman–Crippen MR) is 87.8 cm³/mol. The van der Waals surface area contributed by atoms with Crippen LogP contribution in [0.4, 0.5) is 0 Å². The number of hydrogen-bond donors (Lipinski definition) is 0. The molecule has 1 saturated heterocycles. The second-order valence-corrected chi connectivity index (χ2v) is 6.34. The minimum Gasteiger partial charge on any atom is -0.461 e. The number of fused-ring (bicyclic) bond motifs is 1. The van der Waals surface area contributed by atoms with Crippen LogP contribution < -0.4 is 0 Å². The topological polar surface area (TPSA) is 55.8 Å². The third-order valence-electron chi connectivity index (χ3n) is 4.82. The molecule has 5 nitrogen and oxygen atoms in total. The molecule has 3 unspecified atom stereocenters. The van der Waals surface area contributed by atoms with E-state index >= 15 is 0 Å². The molecule has 0 aromatic heterocycles. The molecule has 0 radical (unpaired) electrons. The lowest BCUT2D eigenvalue weighted by Crippen LogP contribution is -2.36. The van der Waals surface area contributed by atoms with Crippen LogP contribution >= 0.6 is 0 Å². The zero-order valence-corrected chi connectivity index (χ0v) is 14.5. The molecule has 2 rings (SSSR count). The molecule has 0 amide bonds. The summed E-state index contributed by atoms with van der Waals surface area (Å²) in [4.78, 5) is 26.1. The Labute approximate surface area is 138 Å². The smallest absolute Gasteiger partial charge is 0.333 e. The molecule has 1 fully saturated rings. The van der Waals surface area contributed by atoms with Crippen molar-refractivity contribution in [2.24, 2.45) is 5.92 Å². The van der Waals surface area contributed by atoms with Gasteiger partial charge >= 0.3 is 11.9 Å². The molecule has 0 aromatic carbocycles. The van der Waals surface area contributed by atoms with Crippen molar-refractivity contribution in [2.75, 3.05) is 19.7 Å². The highest BCUT2D eigenvalue weighted by Gasteiger charge is 2.42. The Morgan fingerprint density at radius 1 is 1.48 bits per heavy atom. The maximum absolute atomic E-state index is 12.0. The molecule has 2 heterocycles. The van der Waals surface area contributed by atoms with Crippen LogP contribution in [0.5, 0.6) is 0 Å². The summed E-state index contributed by atoms with van der Waals surface area (Å²) >= 11 is 0. The lowest BCUT2D eigenvalue weighted by Gasteiger charge is -2.24. The number of ether oxygens (including phenoxy) is 2. The SMILES string of the molecule is CC=C(C)C(=O)OC1CCN2CC=C(COC(=O)C(C)CC)C12. The lowest BCUT2D eigenvalue weighted by molar-refractivity contribution is -0.148. The van der Waals surface area contributed by atoms with E-state index < -0.39 is 0 Å². The summed E-state index contributed by atoms with van der Waals surface area (Å²) in [7, 11) is 0. The Kier molecular flexibility index (Phi) is 5.99. The Hall–Kier alpha value is -1.62. The van der Waals surface area contributed by atoms with Crippen molar-refractivity contribution in [1.82, 2.24) is 4.90 Å². The number of esters is 2. The Morgan fingerprint density at radius 3 is 2.87 bits per heavy atom. The second-order valence-electron chi connectivity index (χ2n) is 6.34. The molecule has 0 aliphatic carbocycles. The molecule has 0 aromatic rings. The average Bonchev–Trinajstić information content (AvgIpc) is 3.14. The molecule has 3 atom stereocenters. The minimum atomic E-state index is -0.262. The summed E-state index contributed by atoms with van der Waals surface area (Å²) in [5.74, 6) is -0.506. The minimum absolute atomic E-state index is 0.0494. The van der Waals surface area contributed by atoms with Crippen molar-refractivity contribution >= 4 is 11.9 Å². The number of carbonyl (C=O) groups is 2. The van der Waals surface area contributed by atoms with Crippen LogP contribution in [-0.2, 0) is 19.1 Å². The maximum Gasteiger partial charge on any atom is 0.333 e. The van der Waals surface area contributed by atoms with E-state index in [4.69, 9.17) is 9.47 Å². The first-order chi connectivity index (χ1) is 11.0. The quantitative estimate of drug-likeness (QED) is 0.427. The van der Waals surface area contributed by atoms with E-state index in [9.17, 15) is 9.59 Å². The fraction of sp³-hybridized carbons (Fsp3) is 0.667. The van der Waals surface area contributed by atoms with E-state index in [1.807, 2.05) is 20.8 Å². The van der Waals surface area contributed by atoms with Crippen LogP contribution in [-0.4, -0.2) is 48.7 Å². The molecule has 5 heteroatoms. The fourth-order valence-corrected chi connectivity index (χ4v) is 2.94. The van der Waals surface area contributed by atoms with Crippen molar-refractivity contribution in [3.05, 3.63) is 23.3 Å². The van der Waals surface area contributed by atoms with Crippen molar-refractivity contribution in [3.8, 4) is 0 Å². The Morgan fingerprint density at radius 2 is 2.22 bits per heavy atom. The van der Waals surface area contributed by atoms with Crippen LogP contribution in [0.25, 0.3) is 0 Å². The molecule has 23 heavy (non-hydrogen) atoms. The predicted octanol–water partition coefficient (Wildman–Crippen LogP) is 2.47. The molecule has 0 spiro atoms. The first-order valence-corrected chi connectivity index (χ1v) is 8.41. The summed E-state index contributed by atoms with van der Waals surface area (Å²) in [5, 5.41) is 0. The maximum atomic E-state index is 12.0. The van der Waals surface area contributed by atoms with Crippen molar-refractivity contribution < 1.29 is 19.1 Å². The zero-order valence-electron chi connectivity index (χ0n) is 14.5. The standard InChI is InChI=1S/C18H27NO4/c1-5-12(3)17(20)22-11-14-7-9-19-10-8-15(16(14)19)23-18(21)13(4)6-2/h6-7,12,15-16H,5,8-11H2,1-4H3. The number of nitrogens with zero attached hydrogens (tertiary/aromatic N) is 1. The van der Waals surface area contributed by atoms with Crippen molar-refractivity contribution in [1.29, 1.82) is 0 Å². The summed E-state index contributed by atoms with van der Waals surface area (Å²) in [6, 6.07) is 0.0494. The third-order valence-corrected chi connectivity index (χ3v) is 4.82. The molecule has 128 valence electrons. The van der Waals surface area contributed by atoms with Gasteiger partial charge in [-0.05, 0) is 32.3 Å². The van der Waals surface area contributed by atoms with E-state index in [1.165, 1.54) is 0 Å². The fourth-order valence-electron chi connectivity index (χ4n) is 2.94. The van der Waals surface area contributed by atoms with E-state index in [2.05, 4.69) is 11.0 Å². The van der Waals surface area contributed by atoms with Gasteiger partial charge in [0.05, 0.1) is 12.0 Å². The molecule has 2 aliphatic heterocycles. The molecule has 2 aliphatic rings. The molecule has 0 N–H and O–H groups in total. The Balaban J connectivity index is 1.95. The van der Waals surface area contributed by atoms with Gasteiger partial charge in [-0.15, -0.1) is 0 Å². The van der Waals surface area contributed by atoms with Crippen LogP contribution in [0.15, 0.2) is 23.3 Å². The van der Waals surface area contributed by atoms with Crippen molar-refractivity contribution in [3.63, 3.8) is 0 Å². The summed E-state index contributed by atoms with van der Waals surface area (Å²) in [5.41, 5.74) is 1.67.